The van der Waals surface area contributed by atoms with Crippen molar-refractivity contribution in [1.82, 2.24) is 9.88 Å². The van der Waals surface area contributed by atoms with Gasteiger partial charge in [0.25, 0.3) is 15.7 Å². The number of carbonyl (C=O) groups excluding carboxylic acids is 2. The molecule has 1 aliphatic carbocycles. The summed E-state index contributed by atoms with van der Waals surface area (Å²) in [5.74, 6) is -0.510. The molecule has 2 heterocycles. The highest BCUT2D eigenvalue weighted by atomic mass is 35.5. The number of benzene rings is 1. The number of hydrogen-bond acceptors (Lipinski definition) is 5. The van der Waals surface area contributed by atoms with Gasteiger partial charge in [0, 0.05) is 12.4 Å². The highest BCUT2D eigenvalue weighted by Gasteiger charge is 2.65. The highest BCUT2D eigenvalue weighted by molar-refractivity contribution is 7.92. The molecule has 0 N–H and O–H groups in total. The average molecular weight is 460 g/mol. The quantitative estimate of drug-likeness (QED) is 0.653. The van der Waals surface area contributed by atoms with E-state index in [9.17, 15) is 31.2 Å². The maximum atomic E-state index is 13.0. The van der Waals surface area contributed by atoms with Crippen LogP contribution in [0, 0.1) is 0 Å². The van der Waals surface area contributed by atoms with E-state index in [4.69, 9.17) is 11.6 Å². The molecular formula is C18H13ClF3N3O4S. The van der Waals surface area contributed by atoms with E-state index in [0.717, 1.165) is 29.2 Å². The molecule has 0 atom stereocenters. The van der Waals surface area contributed by atoms with Gasteiger partial charge in [-0.1, -0.05) is 11.6 Å². The number of rotatable bonds is 4. The number of hydrogen-bond donors (Lipinski definition) is 0. The van der Waals surface area contributed by atoms with E-state index < -0.39 is 37.7 Å². The van der Waals surface area contributed by atoms with Crippen molar-refractivity contribution < 1.29 is 31.2 Å². The average Bonchev–Trinajstić information content (AvgIpc) is 3.45. The lowest BCUT2D eigenvalue weighted by Gasteiger charge is -2.21. The van der Waals surface area contributed by atoms with Crippen molar-refractivity contribution >= 4 is 39.1 Å². The van der Waals surface area contributed by atoms with Gasteiger partial charge in [0.2, 0.25) is 0 Å². The minimum atomic E-state index is -5.53. The van der Waals surface area contributed by atoms with Crippen molar-refractivity contribution in [3.63, 3.8) is 0 Å². The van der Waals surface area contributed by atoms with Crippen LogP contribution in [0.15, 0.2) is 47.6 Å². The zero-order chi connectivity index (χ0) is 21.9. The van der Waals surface area contributed by atoms with Crippen molar-refractivity contribution in [2.24, 2.45) is 0 Å². The van der Waals surface area contributed by atoms with Crippen LogP contribution in [0.3, 0.4) is 0 Å². The first kappa shape index (κ1) is 20.6. The Morgan fingerprint density at radius 2 is 1.73 bits per heavy atom. The Balaban J connectivity index is 1.65. The molecule has 30 heavy (non-hydrogen) atoms. The molecule has 2 aromatic rings. The molecule has 0 unspecified atom stereocenters. The van der Waals surface area contributed by atoms with Crippen molar-refractivity contribution in [3.05, 3.63) is 53.3 Å². The molecule has 0 bridgehead atoms. The fourth-order valence-electron chi connectivity index (χ4n) is 3.37. The fourth-order valence-corrected chi connectivity index (χ4v) is 4.31. The second kappa shape index (κ2) is 6.67. The molecule has 1 aromatic heterocycles. The maximum Gasteiger partial charge on any atom is 0.501 e. The lowest BCUT2D eigenvalue weighted by atomic mass is 10.2. The fraction of sp³-hybridized carbons (Fsp3) is 0.278. The number of amides is 3. The summed E-state index contributed by atoms with van der Waals surface area (Å²) < 4.78 is 61.2. The van der Waals surface area contributed by atoms with Gasteiger partial charge < -0.3 is 4.90 Å². The molecule has 2 fully saturated rings. The smallest absolute Gasteiger partial charge is 0.305 e. The Hall–Kier alpha value is -2.66. The first-order chi connectivity index (χ1) is 14.0. The predicted molar refractivity (Wildman–Crippen MR) is 99.3 cm³/mol. The Labute approximate surface area is 174 Å². The number of pyridine rings is 1. The number of nitrogens with zero attached hydrogens (tertiary/aromatic N) is 3. The van der Waals surface area contributed by atoms with Gasteiger partial charge in [0.1, 0.15) is 5.54 Å². The molecule has 4 rings (SSSR count). The second-order valence-electron chi connectivity index (χ2n) is 6.95. The SMILES string of the molecule is O=C1N(c2ccc(S(=O)(=O)C(F)(F)F)cc2)C(=O)C2(CC2)N1Cc1ccncc1Cl. The monoisotopic (exact) mass is 459 g/mol. The largest absolute Gasteiger partial charge is 0.501 e. The van der Waals surface area contributed by atoms with Crippen LogP contribution in [0.2, 0.25) is 5.02 Å². The Kier molecular flexibility index (Phi) is 4.58. The minimum Gasteiger partial charge on any atom is -0.305 e. The van der Waals surface area contributed by atoms with E-state index in [1.54, 1.807) is 6.07 Å². The van der Waals surface area contributed by atoms with Gasteiger partial charge in [-0.3, -0.25) is 9.78 Å². The van der Waals surface area contributed by atoms with E-state index in [0.29, 0.717) is 23.4 Å². The Morgan fingerprint density at radius 3 is 2.27 bits per heavy atom. The van der Waals surface area contributed by atoms with Gasteiger partial charge in [0.15, 0.2) is 0 Å². The van der Waals surface area contributed by atoms with Crippen LogP contribution in [-0.4, -0.2) is 41.3 Å². The highest BCUT2D eigenvalue weighted by Crippen LogP contribution is 2.50. The lowest BCUT2D eigenvalue weighted by Crippen LogP contribution is -2.36. The molecule has 2 aliphatic rings. The molecule has 0 radical (unpaired) electrons. The zero-order valence-electron chi connectivity index (χ0n) is 15.1. The van der Waals surface area contributed by atoms with E-state index in [1.165, 1.54) is 17.3 Å². The van der Waals surface area contributed by atoms with Crippen LogP contribution in [0.4, 0.5) is 23.7 Å². The van der Waals surface area contributed by atoms with Gasteiger partial charge in [0.05, 0.1) is 22.2 Å². The molecule has 158 valence electrons. The van der Waals surface area contributed by atoms with Gasteiger partial charge in [-0.05, 0) is 48.7 Å². The number of aromatic nitrogens is 1. The lowest BCUT2D eigenvalue weighted by molar-refractivity contribution is -0.120. The molecule has 1 saturated carbocycles. The molecular weight excluding hydrogens is 447 g/mol. The summed E-state index contributed by atoms with van der Waals surface area (Å²) in [6.07, 6.45) is 3.80. The van der Waals surface area contributed by atoms with E-state index in [-0.39, 0.29) is 12.2 Å². The summed E-state index contributed by atoms with van der Waals surface area (Å²) in [6.45, 7) is 0.0585. The Morgan fingerprint density at radius 1 is 1.10 bits per heavy atom. The summed E-state index contributed by atoms with van der Waals surface area (Å²) in [6, 6.07) is 4.43. The topological polar surface area (TPSA) is 87.7 Å². The summed E-state index contributed by atoms with van der Waals surface area (Å²) in [4.78, 5) is 31.1. The second-order valence-corrected chi connectivity index (χ2v) is 9.30. The molecule has 1 saturated heterocycles. The van der Waals surface area contributed by atoms with Crippen LogP contribution >= 0.6 is 11.6 Å². The molecule has 1 aromatic carbocycles. The summed E-state index contributed by atoms with van der Waals surface area (Å²) in [5, 5.41) is 0.328. The van der Waals surface area contributed by atoms with E-state index in [2.05, 4.69) is 4.98 Å². The van der Waals surface area contributed by atoms with E-state index in [1.807, 2.05) is 0 Å². The van der Waals surface area contributed by atoms with Crippen molar-refractivity contribution in [2.45, 2.75) is 35.3 Å². The summed E-state index contributed by atoms with van der Waals surface area (Å²) in [7, 11) is -5.53. The number of carbonyl (C=O) groups is 2. The van der Waals surface area contributed by atoms with Crippen LogP contribution in [-0.2, 0) is 21.2 Å². The van der Waals surface area contributed by atoms with Crippen LogP contribution < -0.4 is 4.90 Å². The van der Waals surface area contributed by atoms with Crippen LogP contribution in [0.1, 0.15) is 18.4 Å². The number of urea groups is 1. The number of anilines is 1. The Bertz CT molecular complexity index is 1150. The first-order valence-electron chi connectivity index (χ1n) is 8.65. The summed E-state index contributed by atoms with van der Waals surface area (Å²) in [5.41, 5.74) is -5.90. The zero-order valence-corrected chi connectivity index (χ0v) is 16.6. The van der Waals surface area contributed by atoms with Gasteiger partial charge in [-0.25, -0.2) is 18.1 Å². The third-order valence-electron chi connectivity index (χ3n) is 5.16. The molecule has 1 aliphatic heterocycles. The molecule has 12 heteroatoms. The minimum absolute atomic E-state index is 0.0132. The number of alkyl halides is 3. The van der Waals surface area contributed by atoms with Crippen LogP contribution in [0.25, 0.3) is 0 Å². The normalized spacial score (nSPS) is 18.4. The van der Waals surface area contributed by atoms with Gasteiger partial charge >= 0.3 is 11.5 Å². The molecule has 1 spiro atoms. The standard InChI is InChI=1S/C18H13ClF3N3O4S/c19-14-9-23-8-5-11(14)10-24-16(27)25(15(26)17(24)6-7-17)12-1-3-13(4-2-12)30(28,29)18(20,21)22/h1-5,8-9H,6-7,10H2. The van der Waals surface area contributed by atoms with E-state index >= 15 is 0 Å². The predicted octanol–water partition coefficient (Wildman–Crippen LogP) is 3.53. The van der Waals surface area contributed by atoms with Gasteiger partial charge in [-0.2, -0.15) is 13.2 Å². The van der Waals surface area contributed by atoms with Gasteiger partial charge in [-0.15, -0.1) is 0 Å². The third-order valence-corrected chi connectivity index (χ3v) is 7.00. The van der Waals surface area contributed by atoms with Crippen molar-refractivity contribution in [3.8, 4) is 0 Å². The van der Waals surface area contributed by atoms with Crippen LogP contribution in [0.5, 0.6) is 0 Å². The van der Waals surface area contributed by atoms with Crippen molar-refractivity contribution in [2.75, 3.05) is 4.90 Å². The summed E-state index contributed by atoms with van der Waals surface area (Å²) >= 11 is 6.10. The number of imide groups is 1. The molecule has 7 nitrogen and oxygen atoms in total. The number of sulfone groups is 1. The maximum absolute atomic E-state index is 13.0. The number of halogens is 4. The van der Waals surface area contributed by atoms with Crippen molar-refractivity contribution in [1.29, 1.82) is 0 Å². The first-order valence-corrected chi connectivity index (χ1v) is 10.5. The molecule has 3 amide bonds. The third kappa shape index (κ3) is 3.03.